The van der Waals surface area contributed by atoms with Gasteiger partial charge in [0.1, 0.15) is 17.6 Å². The van der Waals surface area contributed by atoms with Crippen molar-refractivity contribution in [3.05, 3.63) is 65.3 Å². The lowest BCUT2D eigenvalue weighted by atomic mass is 9.86. The summed E-state index contributed by atoms with van der Waals surface area (Å²) in [4.78, 5) is 24.7. The molecule has 0 aliphatic carbocycles. The fraction of sp³-hybridized carbons (Fsp3) is 0.500. The van der Waals surface area contributed by atoms with Crippen LogP contribution in [0.4, 0.5) is 10.5 Å². The van der Waals surface area contributed by atoms with Crippen LogP contribution in [0.2, 0.25) is 0 Å². The molecule has 2 amide bonds. The Morgan fingerprint density at radius 2 is 1.90 bits per heavy atom. The Bertz CT molecular complexity index is 1190. The van der Waals surface area contributed by atoms with Crippen molar-refractivity contribution in [2.24, 2.45) is 23.5 Å². The molecule has 9 nitrogen and oxygen atoms in total. The second-order valence-corrected chi connectivity index (χ2v) is 11.1. The molecule has 0 aromatic heterocycles. The first kappa shape index (κ1) is 33.6. The molecule has 1 heterocycles. The third-order valence-electron chi connectivity index (χ3n) is 7.57. The minimum Gasteiger partial charge on any atom is -0.508 e. The van der Waals surface area contributed by atoms with Gasteiger partial charge in [-0.1, -0.05) is 51.2 Å². The molecule has 6 N–H and O–H groups in total. The molecule has 41 heavy (non-hydrogen) atoms. The van der Waals surface area contributed by atoms with E-state index < -0.39 is 30.3 Å². The number of amides is 2. The van der Waals surface area contributed by atoms with Crippen molar-refractivity contribution in [1.29, 1.82) is 0 Å². The third kappa shape index (κ3) is 9.23. The van der Waals surface area contributed by atoms with E-state index in [-0.39, 0.29) is 34.9 Å². The van der Waals surface area contributed by atoms with E-state index in [4.69, 9.17) is 15.2 Å². The maximum absolute atomic E-state index is 13.0. The highest BCUT2D eigenvalue weighted by Crippen LogP contribution is 2.40. The maximum Gasteiger partial charge on any atom is 0.405 e. The number of carbonyl (C=O) groups excluding carboxylic acids is 2. The van der Waals surface area contributed by atoms with Gasteiger partial charge in [0.15, 0.2) is 0 Å². The van der Waals surface area contributed by atoms with E-state index in [1.54, 1.807) is 31.2 Å². The van der Waals surface area contributed by atoms with Crippen LogP contribution in [0.25, 0.3) is 0 Å². The van der Waals surface area contributed by atoms with E-state index in [1.165, 1.54) is 13.2 Å². The van der Waals surface area contributed by atoms with Gasteiger partial charge in [-0.25, -0.2) is 4.79 Å². The minimum absolute atomic E-state index is 0.0264. The number of aliphatic hydroxyl groups is 1. The van der Waals surface area contributed by atoms with Crippen LogP contribution in [-0.4, -0.2) is 52.7 Å². The molecule has 0 unspecified atom stereocenters. The van der Waals surface area contributed by atoms with Crippen molar-refractivity contribution in [3.63, 3.8) is 0 Å². The van der Waals surface area contributed by atoms with Crippen LogP contribution in [0.15, 0.2) is 54.2 Å². The van der Waals surface area contributed by atoms with E-state index in [1.807, 2.05) is 33.8 Å². The Balaban J connectivity index is 2.64. The smallest absolute Gasteiger partial charge is 0.405 e. The summed E-state index contributed by atoms with van der Waals surface area (Å²) in [7, 11) is 1.54. The molecular formula is C32H46N2O7. The quantitative estimate of drug-likeness (QED) is 0.183. The number of anilines is 1. The summed E-state index contributed by atoms with van der Waals surface area (Å²) in [5.74, 6) is -1.32. The van der Waals surface area contributed by atoms with Crippen LogP contribution in [0.5, 0.6) is 11.5 Å². The molecule has 6 atom stereocenters. The third-order valence-corrected chi connectivity index (χ3v) is 7.57. The van der Waals surface area contributed by atoms with Gasteiger partial charge in [-0.05, 0) is 51.0 Å². The van der Waals surface area contributed by atoms with Crippen LogP contribution in [0.1, 0.15) is 58.6 Å². The molecule has 226 valence electrons. The Morgan fingerprint density at radius 3 is 2.51 bits per heavy atom. The summed E-state index contributed by atoms with van der Waals surface area (Å²) < 4.78 is 11.1. The van der Waals surface area contributed by atoms with Gasteiger partial charge < -0.3 is 35.8 Å². The SMILES string of the molecule is C=CCCc1c(O)cc2c(O)c1C[C@@H](C)C[C@@H](OC)[C@H](O)[C@@H](C)/C=C(\C)[C@H](OC(N)=O)[C@@H](C)/C=C\C=C(/C)C(=O)N2. The summed E-state index contributed by atoms with van der Waals surface area (Å²) in [6.45, 7) is 12.9. The molecule has 0 spiro atoms. The average molecular weight is 571 g/mol. The number of ether oxygens (including phenoxy) is 2. The van der Waals surface area contributed by atoms with Crippen LogP contribution in [-0.2, 0) is 27.1 Å². The number of allylic oxidation sites excluding steroid dienone is 3. The maximum atomic E-state index is 13.0. The number of aromatic hydroxyl groups is 2. The minimum atomic E-state index is -0.915. The van der Waals surface area contributed by atoms with Gasteiger partial charge in [-0.15, -0.1) is 6.58 Å². The molecule has 0 fully saturated rings. The van der Waals surface area contributed by atoms with Crippen molar-refractivity contribution >= 4 is 17.7 Å². The number of aliphatic hydroxyl groups excluding tert-OH is 1. The Kier molecular flexibility index (Phi) is 12.7. The highest BCUT2D eigenvalue weighted by Gasteiger charge is 2.29. The number of nitrogens with two attached hydrogens (primary N) is 1. The predicted molar refractivity (Wildman–Crippen MR) is 161 cm³/mol. The molecule has 1 aliphatic rings. The number of primary amides is 1. The molecular weight excluding hydrogens is 524 g/mol. The van der Waals surface area contributed by atoms with Crippen molar-refractivity contribution in [1.82, 2.24) is 0 Å². The molecule has 1 aromatic carbocycles. The Morgan fingerprint density at radius 1 is 1.22 bits per heavy atom. The molecule has 2 bridgehead atoms. The molecule has 1 aromatic rings. The van der Waals surface area contributed by atoms with Crippen LogP contribution < -0.4 is 11.1 Å². The lowest BCUT2D eigenvalue weighted by molar-refractivity contribution is -0.112. The summed E-state index contributed by atoms with van der Waals surface area (Å²) in [5, 5.41) is 36.1. The molecule has 2 rings (SSSR count). The van der Waals surface area contributed by atoms with Gasteiger partial charge in [0.2, 0.25) is 0 Å². The number of carbonyl (C=O) groups is 2. The zero-order valence-corrected chi connectivity index (χ0v) is 25.0. The van der Waals surface area contributed by atoms with E-state index in [0.29, 0.717) is 42.4 Å². The second kappa shape index (κ2) is 15.4. The van der Waals surface area contributed by atoms with E-state index in [0.717, 1.165) is 5.57 Å². The highest BCUT2D eigenvalue weighted by atomic mass is 16.6. The van der Waals surface area contributed by atoms with Gasteiger partial charge in [-0.3, -0.25) is 4.79 Å². The fourth-order valence-corrected chi connectivity index (χ4v) is 5.26. The monoisotopic (exact) mass is 570 g/mol. The van der Waals surface area contributed by atoms with E-state index in [9.17, 15) is 24.9 Å². The number of rotatable bonds is 5. The number of benzene rings is 1. The number of phenols is 2. The van der Waals surface area contributed by atoms with E-state index in [2.05, 4.69) is 11.9 Å². The van der Waals surface area contributed by atoms with Gasteiger partial charge in [0, 0.05) is 41.7 Å². The average Bonchev–Trinajstić information content (AvgIpc) is 2.91. The summed E-state index contributed by atoms with van der Waals surface area (Å²) in [5.41, 5.74) is 7.65. The summed E-state index contributed by atoms with van der Waals surface area (Å²) in [6.07, 6.45) is 7.53. The van der Waals surface area contributed by atoms with E-state index >= 15 is 0 Å². The normalized spacial score (nSPS) is 29.8. The number of nitrogens with one attached hydrogen (secondary N) is 1. The first-order chi connectivity index (χ1) is 19.3. The molecule has 0 saturated heterocycles. The van der Waals surface area contributed by atoms with Crippen molar-refractivity contribution in [3.8, 4) is 11.5 Å². The number of phenolic OH excluding ortho intramolecular Hbond substituents is 2. The van der Waals surface area contributed by atoms with Crippen LogP contribution in [0.3, 0.4) is 0 Å². The fourth-order valence-electron chi connectivity index (χ4n) is 5.26. The zero-order valence-electron chi connectivity index (χ0n) is 25.0. The number of hydrogen-bond acceptors (Lipinski definition) is 7. The lowest BCUT2D eigenvalue weighted by Gasteiger charge is -2.29. The van der Waals surface area contributed by atoms with Crippen LogP contribution >= 0.6 is 0 Å². The topological polar surface area (TPSA) is 151 Å². The first-order valence-corrected chi connectivity index (χ1v) is 14.0. The highest BCUT2D eigenvalue weighted by molar-refractivity contribution is 6.04. The summed E-state index contributed by atoms with van der Waals surface area (Å²) in [6, 6.07) is 1.36. The predicted octanol–water partition coefficient (Wildman–Crippen LogP) is 5.30. The second-order valence-electron chi connectivity index (χ2n) is 11.1. The molecule has 1 aliphatic heterocycles. The standard InChI is InChI=1S/C32H46N2O7/c1-8-9-13-23-24-14-18(2)15-27(40-7)28(36)21(5)16-22(6)30(41-32(33)39)19(3)11-10-12-20(4)31(38)34-25(29(24)37)17-26(23)35/h8,10-12,16-19,21,27-28,30,35-37H,1,9,13-15H2,2-7H3,(H2,33,39)(H,34,38)/b11-10-,20-12+,22-16+/t18-,19+,21+,27-,28-,30-/m1/s1. The van der Waals surface area contributed by atoms with Crippen molar-refractivity contribution in [2.75, 3.05) is 12.4 Å². The summed E-state index contributed by atoms with van der Waals surface area (Å²) >= 11 is 0. The lowest BCUT2D eigenvalue weighted by Crippen LogP contribution is -2.35. The zero-order chi connectivity index (χ0) is 30.9. The number of methoxy groups -OCH3 is 1. The van der Waals surface area contributed by atoms with Gasteiger partial charge >= 0.3 is 6.09 Å². The Labute approximate surface area is 243 Å². The van der Waals surface area contributed by atoms with Crippen molar-refractivity contribution < 1.29 is 34.4 Å². The molecule has 9 heteroatoms. The number of fused-ring (bicyclic) bond motifs is 2. The van der Waals surface area contributed by atoms with Gasteiger partial charge in [-0.2, -0.15) is 0 Å². The van der Waals surface area contributed by atoms with Gasteiger partial charge in [0.25, 0.3) is 5.91 Å². The van der Waals surface area contributed by atoms with Crippen molar-refractivity contribution in [2.45, 2.75) is 78.6 Å². The largest absolute Gasteiger partial charge is 0.508 e. The molecule has 0 radical (unpaired) electrons. The number of hydrogen-bond donors (Lipinski definition) is 5. The van der Waals surface area contributed by atoms with Crippen LogP contribution in [0, 0.1) is 17.8 Å². The molecule has 0 saturated carbocycles. The Hall–Kier alpha value is -3.56. The first-order valence-electron chi connectivity index (χ1n) is 14.0. The van der Waals surface area contributed by atoms with Gasteiger partial charge in [0.05, 0.1) is 17.9 Å².